The molecular weight excluding hydrogens is 288 g/mol. The summed E-state index contributed by atoms with van der Waals surface area (Å²) < 4.78 is 0. The normalized spacial score (nSPS) is 14.0. The van der Waals surface area contributed by atoms with Gasteiger partial charge in [0, 0.05) is 0 Å². The van der Waals surface area contributed by atoms with Crippen molar-refractivity contribution in [3.63, 3.8) is 0 Å². The minimum Gasteiger partial charge on any atom is -0.0654 e. The molecule has 0 N–H and O–H groups in total. The molecule has 0 rings (SSSR count). The fraction of sp³-hybridized carbons (Fsp3) is 1.00. The van der Waals surface area contributed by atoms with E-state index in [1.54, 1.807) is 0 Å². The van der Waals surface area contributed by atoms with Gasteiger partial charge in [0.2, 0.25) is 0 Å². The zero-order valence-corrected chi connectivity index (χ0v) is 17.9. The van der Waals surface area contributed by atoms with Gasteiger partial charge in [-0.25, -0.2) is 0 Å². The summed E-state index contributed by atoms with van der Waals surface area (Å²) in [5, 5.41) is 0. The van der Waals surface area contributed by atoms with E-state index < -0.39 is 0 Å². The number of unbranched alkanes of at least 4 members (excludes halogenated alkanes) is 14. The van der Waals surface area contributed by atoms with Crippen LogP contribution in [0.1, 0.15) is 143 Å². The predicted molar refractivity (Wildman–Crippen MR) is 113 cm³/mol. The highest BCUT2D eigenvalue weighted by Crippen LogP contribution is 2.22. The van der Waals surface area contributed by atoms with Crippen LogP contribution in [0.2, 0.25) is 0 Å². The monoisotopic (exact) mass is 338 g/mol. The van der Waals surface area contributed by atoms with Gasteiger partial charge >= 0.3 is 0 Å². The predicted octanol–water partition coefficient (Wildman–Crippen LogP) is 9.32. The first-order valence-corrected chi connectivity index (χ1v) is 11.7. The molecule has 0 aliphatic heterocycles. The second kappa shape index (κ2) is 19.3. The topological polar surface area (TPSA) is 0 Å². The fourth-order valence-electron chi connectivity index (χ4n) is 3.86. The molecule has 0 amide bonds. The van der Waals surface area contributed by atoms with Crippen LogP contribution in [0.15, 0.2) is 0 Å². The average Bonchev–Trinajstić information content (AvgIpc) is 2.58. The van der Waals surface area contributed by atoms with E-state index in [1.165, 1.54) is 116 Å². The lowest BCUT2D eigenvalue weighted by molar-refractivity contribution is 0.330. The van der Waals surface area contributed by atoms with Gasteiger partial charge in [0.05, 0.1) is 0 Å². The summed E-state index contributed by atoms with van der Waals surface area (Å²) in [6.07, 6.45) is 26.3. The summed E-state index contributed by atoms with van der Waals surface area (Å²) in [7, 11) is 0. The van der Waals surface area contributed by atoms with Crippen molar-refractivity contribution in [3.05, 3.63) is 0 Å². The van der Waals surface area contributed by atoms with Gasteiger partial charge in [-0.3, -0.25) is 0 Å². The van der Waals surface area contributed by atoms with Gasteiger partial charge in [0.15, 0.2) is 0 Å². The highest BCUT2D eigenvalue weighted by Gasteiger charge is 2.10. The molecule has 0 aromatic heterocycles. The molecule has 0 aromatic carbocycles. The second-order valence-electron chi connectivity index (χ2n) is 8.48. The van der Waals surface area contributed by atoms with E-state index in [4.69, 9.17) is 0 Å². The van der Waals surface area contributed by atoms with E-state index in [1.807, 2.05) is 0 Å². The highest BCUT2D eigenvalue weighted by molar-refractivity contribution is 4.62. The van der Waals surface area contributed by atoms with Gasteiger partial charge in [-0.1, -0.05) is 143 Å². The second-order valence-corrected chi connectivity index (χ2v) is 8.48. The molecule has 2 atom stereocenters. The first-order valence-electron chi connectivity index (χ1n) is 11.7. The Bertz CT molecular complexity index is 220. The molecule has 0 spiro atoms. The van der Waals surface area contributed by atoms with Crippen molar-refractivity contribution in [1.82, 2.24) is 0 Å². The summed E-state index contributed by atoms with van der Waals surface area (Å²) in [6, 6.07) is 0. The van der Waals surface area contributed by atoms with E-state index in [0.717, 1.165) is 11.8 Å². The molecule has 0 radical (unpaired) electrons. The molecule has 0 aliphatic carbocycles. The standard InChI is InChI=1S/C24H50/c1-5-7-8-9-10-11-12-13-14-15-16-17-18-19-20-22-24(4)23(3)21-6-2/h23-24H,5-22H2,1-4H3. The summed E-state index contributed by atoms with van der Waals surface area (Å²) in [6.45, 7) is 9.52. The largest absolute Gasteiger partial charge is 0.0654 e. The van der Waals surface area contributed by atoms with Crippen LogP contribution in [-0.2, 0) is 0 Å². The number of rotatable bonds is 19. The summed E-state index contributed by atoms with van der Waals surface area (Å²) in [5.41, 5.74) is 0. The van der Waals surface area contributed by atoms with E-state index in [2.05, 4.69) is 27.7 Å². The first kappa shape index (κ1) is 24.0. The lowest BCUT2D eigenvalue weighted by Crippen LogP contribution is -2.07. The molecule has 0 bridgehead atoms. The minimum atomic E-state index is 0.932. The van der Waals surface area contributed by atoms with Crippen molar-refractivity contribution in [2.75, 3.05) is 0 Å². The third kappa shape index (κ3) is 16.8. The third-order valence-corrected chi connectivity index (χ3v) is 5.98. The number of hydrogen-bond acceptors (Lipinski definition) is 0. The van der Waals surface area contributed by atoms with Crippen molar-refractivity contribution in [3.8, 4) is 0 Å². The maximum absolute atomic E-state index is 2.46. The van der Waals surface area contributed by atoms with Crippen LogP contribution in [0, 0.1) is 11.8 Å². The van der Waals surface area contributed by atoms with Gasteiger partial charge in [-0.2, -0.15) is 0 Å². The van der Waals surface area contributed by atoms with Crippen molar-refractivity contribution in [2.45, 2.75) is 143 Å². The van der Waals surface area contributed by atoms with Gasteiger partial charge in [0.1, 0.15) is 0 Å². The molecule has 0 fully saturated rings. The third-order valence-electron chi connectivity index (χ3n) is 5.98. The maximum atomic E-state index is 2.46. The van der Waals surface area contributed by atoms with Crippen LogP contribution in [0.4, 0.5) is 0 Å². The quantitative estimate of drug-likeness (QED) is 0.206. The van der Waals surface area contributed by atoms with Gasteiger partial charge in [0.25, 0.3) is 0 Å². The maximum Gasteiger partial charge on any atom is -0.0417 e. The Kier molecular flexibility index (Phi) is 19.3. The lowest BCUT2D eigenvalue weighted by Gasteiger charge is -2.19. The Morgan fingerprint density at radius 1 is 0.375 bits per heavy atom. The van der Waals surface area contributed by atoms with Crippen LogP contribution >= 0.6 is 0 Å². The molecule has 0 saturated heterocycles. The van der Waals surface area contributed by atoms with Crippen molar-refractivity contribution < 1.29 is 0 Å². The first-order chi connectivity index (χ1) is 11.7. The van der Waals surface area contributed by atoms with Crippen LogP contribution in [0.3, 0.4) is 0 Å². The van der Waals surface area contributed by atoms with Gasteiger partial charge < -0.3 is 0 Å². The number of hydrogen-bond donors (Lipinski definition) is 0. The van der Waals surface area contributed by atoms with Crippen molar-refractivity contribution >= 4 is 0 Å². The van der Waals surface area contributed by atoms with E-state index >= 15 is 0 Å². The van der Waals surface area contributed by atoms with E-state index in [0.29, 0.717) is 0 Å². The van der Waals surface area contributed by atoms with Crippen LogP contribution in [0.5, 0.6) is 0 Å². The Labute approximate surface area is 155 Å². The van der Waals surface area contributed by atoms with Gasteiger partial charge in [-0.15, -0.1) is 0 Å². The zero-order valence-electron chi connectivity index (χ0n) is 17.9. The molecule has 0 heterocycles. The Balaban J connectivity index is 3.12. The molecular formula is C24H50. The Hall–Kier alpha value is 0. The molecule has 24 heavy (non-hydrogen) atoms. The fourth-order valence-corrected chi connectivity index (χ4v) is 3.86. The SMILES string of the molecule is CCCCCCCCCCCCCCCCCC(C)C(C)CCC. The van der Waals surface area contributed by atoms with Crippen LogP contribution in [-0.4, -0.2) is 0 Å². The molecule has 0 aliphatic rings. The Morgan fingerprint density at radius 3 is 1.08 bits per heavy atom. The smallest absolute Gasteiger partial charge is 0.0417 e. The molecule has 2 unspecified atom stereocenters. The minimum absolute atomic E-state index is 0.932. The Morgan fingerprint density at radius 2 is 0.708 bits per heavy atom. The van der Waals surface area contributed by atoms with E-state index in [9.17, 15) is 0 Å². The lowest BCUT2D eigenvalue weighted by atomic mass is 9.87. The van der Waals surface area contributed by atoms with Crippen molar-refractivity contribution in [1.29, 1.82) is 0 Å². The van der Waals surface area contributed by atoms with Crippen LogP contribution < -0.4 is 0 Å². The highest BCUT2D eigenvalue weighted by atomic mass is 14.2. The summed E-state index contributed by atoms with van der Waals surface area (Å²) in [4.78, 5) is 0. The molecule has 146 valence electrons. The molecule has 0 aromatic rings. The van der Waals surface area contributed by atoms with Crippen molar-refractivity contribution in [2.24, 2.45) is 11.8 Å². The van der Waals surface area contributed by atoms with Crippen LogP contribution in [0.25, 0.3) is 0 Å². The average molecular weight is 339 g/mol. The van der Waals surface area contributed by atoms with Gasteiger partial charge in [-0.05, 0) is 11.8 Å². The summed E-state index contributed by atoms with van der Waals surface area (Å²) in [5.74, 6) is 1.87. The van der Waals surface area contributed by atoms with E-state index in [-0.39, 0.29) is 0 Å². The molecule has 0 nitrogen and oxygen atoms in total. The molecule has 0 heteroatoms. The zero-order chi connectivity index (χ0) is 17.9. The summed E-state index contributed by atoms with van der Waals surface area (Å²) >= 11 is 0. The molecule has 0 saturated carbocycles.